The normalized spacial score (nSPS) is 14.9. The first-order valence-electron chi connectivity index (χ1n) is 9.91. The van der Waals surface area contributed by atoms with Crippen LogP contribution in [0.1, 0.15) is 110 Å². The molecule has 3 heteroatoms. The van der Waals surface area contributed by atoms with E-state index in [0.717, 1.165) is 51.4 Å². The Morgan fingerprint density at radius 2 is 1.30 bits per heavy atom. The number of nitrogens with two attached hydrogens (primary N) is 1. The van der Waals surface area contributed by atoms with E-state index in [2.05, 4.69) is 6.92 Å². The Morgan fingerprint density at radius 3 is 1.83 bits per heavy atom. The summed E-state index contributed by atoms with van der Waals surface area (Å²) in [6, 6.07) is 0. The molecule has 0 radical (unpaired) electrons. The molecule has 0 aromatic heterocycles. The lowest BCUT2D eigenvalue weighted by Crippen LogP contribution is -2.39. The molecule has 0 saturated carbocycles. The van der Waals surface area contributed by atoms with Crippen LogP contribution in [0.2, 0.25) is 0 Å². The van der Waals surface area contributed by atoms with Crippen molar-refractivity contribution in [2.45, 2.75) is 116 Å². The standard InChI is InChI=1S/C20H41NO2/c1-3-5-6-7-8-10-13-17-20(21,23)18-14-11-9-12-16-19(22)15-4-2/h15,22-23H,3-14,16-18,21H2,1-2H3. The Hall–Kier alpha value is -0.540. The molecule has 0 bridgehead atoms. The maximum Gasteiger partial charge on any atom is 0.113 e. The van der Waals surface area contributed by atoms with E-state index in [1.807, 2.05) is 13.0 Å². The van der Waals surface area contributed by atoms with Crippen molar-refractivity contribution in [3.8, 4) is 0 Å². The van der Waals surface area contributed by atoms with E-state index in [0.29, 0.717) is 12.2 Å². The molecular weight excluding hydrogens is 286 g/mol. The number of allylic oxidation sites excluding steroid dienone is 2. The Bertz CT molecular complexity index is 287. The molecule has 1 atom stereocenters. The summed E-state index contributed by atoms with van der Waals surface area (Å²) in [5.41, 5.74) is 5.01. The first kappa shape index (κ1) is 22.5. The van der Waals surface area contributed by atoms with Crippen LogP contribution in [0.5, 0.6) is 0 Å². The van der Waals surface area contributed by atoms with Crippen molar-refractivity contribution in [1.82, 2.24) is 0 Å². The van der Waals surface area contributed by atoms with Crippen molar-refractivity contribution in [3.05, 3.63) is 11.8 Å². The molecule has 0 aromatic carbocycles. The summed E-state index contributed by atoms with van der Waals surface area (Å²) in [6.07, 6.45) is 17.9. The number of aliphatic hydroxyl groups excluding tert-OH is 1. The summed E-state index contributed by atoms with van der Waals surface area (Å²) in [6.45, 7) is 4.27. The molecule has 138 valence electrons. The van der Waals surface area contributed by atoms with Gasteiger partial charge in [0.2, 0.25) is 0 Å². The van der Waals surface area contributed by atoms with Gasteiger partial charge in [-0.2, -0.15) is 0 Å². The van der Waals surface area contributed by atoms with Crippen LogP contribution >= 0.6 is 0 Å². The number of rotatable bonds is 16. The van der Waals surface area contributed by atoms with Crippen molar-refractivity contribution in [2.75, 3.05) is 0 Å². The first-order valence-corrected chi connectivity index (χ1v) is 9.91. The maximum absolute atomic E-state index is 10.2. The predicted octanol–water partition coefficient (Wildman–Crippen LogP) is 5.97. The summed E-state index contributed by atoms with van der Waals surface area (Å²) in [5, 5.41) is 19.7. The minimum atomic E-state index is -0.979. The lowest BCUT2D eigenvalue weighted by atomic mass is 9.97. The molecule has 0 aliphatic heterocycles. The molecule has 1 unspecified atom stereocenters. The molecule has 0 fully saturated rings. The molecular formula is C20H41NO2. The van der Waals surface area contributed by atoms with Crippen molar-refractivity contribution in [3.63, 3.8) is 0 Å². The van der Waals surface area contributed by atoms with Gasteiger partial charge in [-0.25, -0.2) is 0 Å². The second kappa shape index (κ2) is 15.0. The third kappa shape index (κ3) is 16.1. The van der Waals surface area contributed by atoms with Crippen molar-refractivity contribution < 1.29 is 10.2 Å². The Kier molecular flexibility index (Phi) is 14.7. The van der Waals surface area contributed by atoms with Crippen molar-refractivity contribution >= 4 is 0 Å². The smallest absolute Gasteiger partial charge is 0.113 e. The topological polar surface area (TPSA) is 66.5 Å². The zero-order valence-electron chi connectivity index (χ0n) is 15.7. The average molecular weight is 328 g/mol. The lowest BCUT2D eigenvalue weighted by molar-refractivity contribution is 0.0240. The van der Waals surface area contributed by atoms with Gasteiger partial charge in [-0.15, -0.1) is 0 Å². The summed E-state index contributed by atoms with van der Waals surface area (Å²) in [5.74, 6) is 0.516. The summed E-state index contributed by atoms with van der Waals surface area (Å²) < 4.78 is 0. The molecule has 0 amide bonds. The highest BCUT2D eigenvalue weighted by Gasteiger charge is 2.19. The van der Waals surface area contributed by atoms with Crippen LogP contribution in [-0.2, 0) is 0 Å². The van der Waals surface area contributed by atoms with E-state index in [9.17, 15) is 10.2 Å². The lowest BCUT2D eigenvalue weighted by Gasteiger charge is -2.23. The van der Waals surface area contributed by atoms with Crippen LogP contribution in [0.25, 0.3) is 0 Å². The van der Waals surface area contributed by atoms with E-state index in [4.69, 9.17) is 5.73 Å². The van der Waals surface area contributed by atoms with Crippen molar-refractivity contribution in [1.29, 1.82) is 0 Å². The molecule has 0 spiro atoms. The molecule has 0 heterocycles. The largest absolute Gasteiger partial charge is 0.513 e. The maximum atomic E-state index is 10.2. The van der Waals surface area contributed by atoms with E-state index in [1.165, 1.54) is 38.5 Å². The molecule has 0 aromatic rings. The van der Waals surface area contributed by atoms with Gasteiger partial charge < -0.3 is 15.9 Å². The number of unbranched alkanes of at least 4 members (excludes halogenated alkanes) is 9. The molecule has 0 aliphatic rings. The Labute approximate surface area is 144 Å². The molecule has 0 rings (SSSR count). The molecule has 0 aliphatic carbocycles. The van der Waals surface area contributed by atoms with Crippen LogP contribution in [0.15, 0.2) is 11.8 Å². The van der Waals surface area contributed by atoms with Gasteiger partial charge in [-0.1, -0.05) is 65.2 Å². The van der Waals surface area contributed by atoms with Gasteiger partial charge in [0.25, 0.3) is 0 Å². The number of hydrogen-bond donors (Lipinski definition) is 3. The van der Waals surface area contributed by atoms with Crippen LogP contribution in [0.3, 0.4) is 0 Å². The van der Waals surface area contributed by atoms with Gasteiger partial charge in [0, 0.05) is 6.42 Å². The van der Waals surface area contributed by atoms with Gasteiger partial charge in [0.15, 0.2) is 0 Å². The predicted molar refractivity (Wildman–Crippen MR) is 100 cm³/mol. The van der Waals surface area contributed by atoms with Crippen LogP contribution in [-0.4, -0.2) is 15.9 Å². The van der Waals surface area contributed by atoms with Gasteiger partial charge in [0.1, 0.15) is 5.72 Å². The average Bonchev–Trinajstić information content (AvgIpc) is 2.50. The number of hydrogen-bond acceptors (Lipinski definition) is 3. The summed E-state index contributed by atoms with van der Waals surface area (Å²) >= 11 is 0. The highest BCUT2D eigenvalue weighted by Crippen LogP contribution is 2.19. The molecule has 4 N–H and O–H groups in total. The molecule has 23 heavy (non-hydrogen) atoms. The van der Waals surface area contributed by atoms with Gasteiger partial charge in [0.05, 0.1) is 5.76 Å². The Balaban J connectivity index is 3.48. The Morgan fingerprint density at radius 1 is 0.826 bits per heavy atom. The third-order valence-corrected chi connectivity index (χ3v) is 4.45. The highest BCUT2D eigenvalue weighted by molar-refractivity contribution is 4.89. The van der Waals surface area contributed by atoms with Crippen LogP contribution in [0.4, 0.5) is 0 Å². The minimum Gasteiger partial charge on any atom is -0.513 e. The number of aliphatic hydroxyl groups is 2. The second-order valence-corrected chi connectivity index (χ2v) is 6.99. The van der Waals surface area contributed by atoms with Crippen LogP contribution < -0.4 is 5.73 Å². The van der Waals surface area contributed by atoms with E-state index in [1.54, 1.807) is 0 Å². The highest BCUT2D eigenvalue weighted by atomic mass is 16.3. The SMILES string of the molecule is CCC=C(O)CCCCCCC(N)(O)CCCCCCCCC. The van der Waals surface area contributed by atoms with Crippen molar-refractivity contribution in [2.24, 2.45) is 5.73 Å². The van der Waals surface area contributed by atoms with Gasteiger partial charge in [-0.3, -0.25) is 0 Å². The second-order valence-electron chi connectivity index (χ2n) is 6.99. The fraction of sp³-hybridized carbons (Fsp3) is 0.900. The minimum absolute atomic E-state index is 0.516. The fourth-order valence-electron chi connectivity index (χ4n) is 2.94. The summed E-state index contributed by atoms with van der Waals surface area (Å²) in [4.78, 5) is 0. The first-order chi connectivity index (χ1) is 11.0. The molecule has 3 nitrogen and oxygen atoms in total. The van der Waals surface area contributed by atoms with Gasteiger partial charge >= 0.3 is 0 Å². The van der Waals surface area contributed by atoms with Gasteiger partial charge in [-0.05, 0) is 44.6 Å². The van der Waals surface area contributed by atoms with E-state index in [-0.39, 0.29) is 0 Å². The molecule has 0 saturated heterocycles. The van der Waals surface area contributed by atoms with E-state index >= 15 is 0 Å². The van der Waals surface area contributed by atoms with Crippen LogP contribution in [0, 0.1) is 0 Å². The fourth-order valence-corrected chi connectivity index (χ4v) is 2.94. The monoisotopic (exact) mass is 327 g/mol. The zero-order chi connectivity index (χ0) is 17.4. The quantitative estimate of drug-likeness (QED) is 0.186. The zero-order valence-corrected chi connectivity index (χ0v) is 15.7. The van der Waals surface area contributed by atoms with E-state index < -0.39 is 5.72 Å². The summed E-state index contributed by atoms with van der Waals surface area (Å²) in [7, 11) is 0. The third-order valence-electron chi connectivity index (χ3n) is 4.45.